The largest absolute Gasteiger partial charge is 0.385 e. The van der Waals surface area contributed by atoms with Crippen LogP contribution in [0.2, 0.25) is 0 Å². The Balaban J connectivity index is 2.44. The maximum atomic E-state index is 11.9. The molecule has 5 heteroatoms. The van der Waals surface area contributed by atoms with Gasteiger partial charge in [0.05, 0.1) is 5.56 Å². The number of rotatable bonds is 6. The van der Waals surface area contributed by atoms with Crippen LogP contribution in [0.1, 0.15) is 23.2 Å². The molecule has 1 amide bonds. The Kier molecular flexibility index (Phi) is 7.06. The van der Waals surface area contributed by atoms with E-state index in [1.807, 2.05) is 18.2 Å². The van der Waals surface area contributed by atoms with Gasteiger partial charge in [-0.3, -0.25) is 4.79 Å². The van der Waals surface area contributed by atoms with Crippen molar-refractivity contribution in [2.75, 3.05) is 20.3 Å². The van der Waals surface area contributed by atoms with Crippen LogP contribution in [0.4, 0.5) is 0 Å². The first kappa shape index (κ1) is 14.9. The highest BCUT2D eigenvalue weighted by atomic mass is 127. The van der Waals surface area contributed by atoms with Crippen LogP contribution >= 0.6 is 38.5 Å². The molecule has 0 aliphatic carbocycles. The van der Waals surface area contributed by atoms with Crippen LogP contribution in [0.15, 0.2) is 22.7 Å². The molecule has 0 atom stereocenters. The molecule has 1 rings (SSSR count). The highest BCUT2D eigenvalue weighted by molar-refractivity contribution is 14.1. The summed E-state index contributed by atoms with van der Waals surface area (Å²) in [5.41, 5.74) is 0.684. The van der Waals surface area contributed by atoms with Crippen LogP contribution in [-0.2, 0) is 4.74 Å². The maximum Gasteiger partial charge on any atom is 0.252 e. The topological polar surface area (TPSA) is 38.3 Å². The van der Waals surface area contributed by atoms with Crippen molar-refractivity contribution in [3.8, 4) is 0 Å². The van der Waals surface area contributed by atoms with E-state index in [0.29, 0.717) is 12.1 Å². The fraction of sp³-hybridized carbons (Fsp3) is 0.417. The summed E-state index contributed by atoms with van der Waals surface area (Å²) in [6.07, 6.45) is 1.89. The fourth-order valence-corrected chi connectivity index (χ4v) is 2.26. The number of carbonyl (C=O) groups is 1. The lowest BCUT2D eigenvalue weighted by Gasteiger charge is -2.07. The Morgan fingerprint density at radius 2 is 2.24 bits per heavy atom. The van der Waals surface area contributed by atoms with Crippen molar-refractivity contribution in [2.24, 2.45) is 0 Å². The predicted molar refractivity (Wildman–Crippen MR) is 80.3 cm³/mol. The molecule has 0 aliphatic heterocycles. The SMILES string of the molecule is COCCCCNC(=O)c1cc(I)ccc1Br. The van der Waals surface area contributed by atoms with E-state index in [-0.39, 0.29) is 5.91 Å². The number of hydrogen-bond donors (Lipinski definition) is 1. The van der Waals surface area contributed by atoms with Gasteiger partial charge in [0.2, 0.25) is 0 Å². The molecule has 3 nitrogen and oxygen atoms in total. The quantitative estimate of drug-likeness (QED) is 0.576. The van der Waals surface area contributed by atoms with E-state index in [1.54, 1.807) is 7.11 Å². The number of nitrogens with one attached hydrogen (secondary N) is 1. The monoisotopic (exact) mass is 411 g/mol. The van der Waals surface area contributed by atoms with Crippen molar-refractivity contribution in [3.05, 3.63) is 31.8 Å². The lowest BCUT2D eigenvalue weighted by molar-refractivity contribution is 0.0950. The third kappa shape index (κ3) is 5.35. The van der Waals surface area contributed by atoms with Gasteiger partial charge in [-0.05, 0) is 69.6 Å². The molecule has 94 valence electrons. The Morgan fingerprint density at radius 3 is 2.94 bits per heavy atom. The average Bonchev–Trinajstić information content (AvgIpc) is 2.32. The molecule has 0 bridgehead atoms. The molecule has 0 saturated carbocycles. The van der Waals surface area contributed by atoms with Gasteiger partial charge in [0.15, 0.2) is 0 Å². The molecular formula is C12H15BrINO2. The number of unbranched alkanes of at least 4 members (excludes halogenated alkanes) is 1. The van der Waals surface area contributed by atoms with Gasteiger partial charge in [-0.15, -0.1) is 0 Å². The Bertz CT molecular complexity index is 385. The lowest BCUT2D eigenvalue weighted by atomic mass is 10.2. The summed E-state index contributed by atoms with van der Waals surface area (Å²) in [5, 5.41) is 2.90. The summed E-state index contributed by atoms with van der Waals surface area (Å²) in [6.45, 7) is 1.42. The van der Waals surface area contributed by atoms with E-state index < -0.39 is 0 Å². The summed E-state index contributed by atoms with van der Waals surface area (Å²) in [6, 6.07) is 5.72. The van der Waals surface area contributed by atoms with Gasteiger partial charge in [0, 0.05) is 28.3 Å². The summed E-state index contributed by atoms with van der Waals surface area (Å²) in [5.74, 6) is -0.0344. The lowest BCUT2D eigenvalue weighted by Crippen LogP contribution is -2.25. The van der Waals surface area contributed by atoms with Gasteiger partial charge in [-0.1, -0.05) is 0 Å². The molecule has 0 fully saturated rings. The maximum absolute atomic E-state index is 11.9. The van der Waals surface area contributed by atoms with E-state index in [4.69, 9.17) is 4.74 Å². The summed E-state index contributed by atoms with van der Waals surface area (Å²) >= 11 is 5.57. The van der Waals surface area contributed by atoms with E-state index in [1.165, 1.54) is 0 Å². The second kappa shape index (κ2) is 8.05. The molecule has 0 spiro atoms. The zero-order chi connectivity index (χ0) is 12.7. The Morgan fingerprint density at radius 1 is 1.47 bits per heavy atom. The first-order chi connectivity index (χ1) is 8.15. The first-order valence-corrected chi connectivity index (χ1v) is 7.24. The minimum atomic E-state index is -0.0344. The highest BCUT2D eigenvalue weighted by Gasteiger charge is 2.09. The van der Waals surface area contributed by atoms with Crippen molar-refractivity contribution < 1.29 is 9.53 Å². The van der Waals surface area contributed by atoms with Crippen LogP contribution in [0.3, 0.4) is 0 Å². The normalized spacial score (nSPS) is 10.3. The molecule has 0 aliphatic rings. The summed E-state index contributed by atoms with van der Waals surface area (Å²) in [7, 11) is 1.68. The van der Waals surface area contributed by atoms with Gasteiger partial charge in [0.25, 0.3) is 5.91 Å². The molecule has 1 aromatic carbocycles. The molecule has 1 aromatic rings. The van der Waals surface area contributed by atoms with E-state index in [9.17, 15) is 4.79 Å². The van der Waals surface area contributed by atoms with E-state index in [2.05, 4.69) is 43.8 Å². The van der Waals surface area contributed by atoms with Crippen molar-refractivity contribution in [1.82, 2.24) is 5.32 Å². The van der Waals surface area contributed by atoms with Gasteiger partial charge in [0.1, 0.15) is 0 Å². The zero-order valence-corrected chi connectivity index (χ0v) is 13.4. The summed E-state index contributed by atoms with van der Waals surface area (Å²) < 4.78 is 6.82. The number of benzene rings is 1. The third-order valence-corrected chi connectivity index (χ3v) is 3.60. The zero-order valence-electron chi connectivity index (χ0n) is 9.63. The van der Waals surface area contributed by atoms with Crippen LogP contribution in [0, 0.1) is 3.57 Å². The number of carbonyl (C=O) groups excluding carboxylic acids is 1. The number of ether oxygens (including phenoxy) is 1. The number of hydrogen-bond acceptors (Lipinski definition) is 2. The predicted octanol–water partition coefficient (Wildman–Crippen LogP) is 3.21. The molecule has 0 saturated heterocycles. The van der Waals surface area contributed by atoms with Crippen molar-refractivity contribution >= 4 is 44.4 Å². The second-order valence-electron chi connectivity index (χ2n) is 3.58. The Labute approximate surface area is 124 Å². The molecule has 0 aromatic heterocycles. The molecule has 1 N–H and O–H groups in total. The van der Waals surface area contributed by atoms with Gasteiger partial charge in [-0.25, -0.2) is 0 Å². The minimum absolute atomic E-state index is 0.0344. The van der Waals surface area contributed by atoms with E-state index >= 15 is 0 Å². The second-order valence-corrected chi connectivity index (χ2v) is 5.68. The number of halogens is 2. The van der Waals surface area contributed by atoms with Crippen molar-refractivity contribution in [3.63, 3.8) is 0 Å². The van der Waals surface area contributed by atoms with Crippen molar-refractivity contribution in [1.29, 1.82) is 0 Å². The summed E-state index contributed by atoms with van der Waals surface area (Å²) in [4.78, 5) is 11.9. The fourth-order valence-electron chi connectivity index (χ4n) is 1.34. The van der Waals surface area contributed by atoms with E-state index in [0.717, 1.165) is 27.5 Å². The number of methoxy groups -OCH3 is 1. The molecule has 0 heterocycles. The van der Waals surface area contributed by atoms with Gasteiger partial charge >= 0.3 is 0 Å². The molecule has 0 radical (unpaired) electrons. The van der Waals surface area contributed by atoms with Gasteiger partial charge in [-0.2, -0.15) is 0 Å². The Hall–Kier alpha value is -0.140. The number of amides is 1. The van der Waals surface area contributed by atoms with Crippen LogP contribution in [0.5, 0.6) is 0 Å². The van der Waals surface area contributed by atoms with Crippen molar-refractivity contribution in [2.45, 2.75) is 12.8 Å². The molecule has 17 heavy (non-hydrogen) atoms. The third-order valence-electron chi connectivity index (χ3n) is 2.23. The standard InChI is InChI=1S/C12H15BrINO2/c1-17-7-3-2-6-15-12(16)10-8-9(14)4-5-11(10)13/h4-5,8H,2-3,6-7H2,1H3,(H,15,16). The smallest absolute Gasteiger partial charge is 0.252 e. The van der Waals surface area contributed by atoms with Gasteiger partial charge < -0.3 is 10.1 Å². The molecular weight excluding hydrogens is 397 g/mol. The first-order valence-electron chi connectivity index (χ1n) is 5.37. The van der Waals surface area contributed by atoms with Crippen LogP contribution in [0.25, 0.3) is 0 Å². The van der Waals surface area contributed by atoms with Crippen LogP contribution in [-0.4, -0.2) is 26.2 Å². The highest BCUT2D eigenvalue weighted by Crippen LogP contribution is 2.19. The average molecular weight is 412 g/mol. The minimum Gasteiger partial charge on any atom is -0.385 e. The molecule has 0 unspecified atom stereocenters. The van der Waals surface area contributed by atoms with Crippen LogP contribution < -0.4 is 5.32 Å².